The molecular formula is C15H12O. The third-order valence-corrected chi connectivity index (χ3v) is 2.51. The van der Waals surface area contributed by atoms with E-state index in [0.29, 0.717) is 6.42 Å². The lowest BCUT2D eigenvalue weighted by Crippen LogP contribution is -1.87. The average Bonchev–Trinajstić information content (AvgIpc) is 2.38. The van der Waals surface area contributed by atoms with Crippen molar-refractivity contribution in [3.05, 3.63) is 66.2 Å². The van der Waals surface area contributed by atoms with Crippen LogP contribution in [-0.2, 0) is 11.2 Å². The lowest BCUT2D eigenvalue weighted by Gasteiger charge is -2.06. The van der Waals surface area contributed by atoms with E-state index < -0.39 is 0 Å². The van der Waals surface area contributed by atoms with Gasteiger partial charge in [-0.2, -0.15) is 0 Å². The van der Waals surface area contributed by atoms with Gasteiger partial charge >= 0.3 is 0 Å². The third-order valence-electron chi connectivity index (χ3n) is 2.51. The minimum absolute atomic E-state index is 0.633. The molecule has 0 N–H and O–H groups in total. The Morgan fingerprint density at radius 1 is 0.938 bits per heavy atom. The monoisotopic (exact) mass is 208 g/mol. The van der Waals surface area contributed by atoms with Crippen LogP contribution in [0.5, 0.6) is 0 Å². The first-order valence-electron chi connectivity index (χ1n) is 5.24. The molecule has 78 valence electrons. The summed E-state index contributed by atoms with van der Waals surface area (Å²) in [6, 6.07) is 18.3. The lowest BCUT2D eigenvalue weighted by molar-refractivity contribution is 0.568. The number of hydrogen-bond acceptors (Lipinski definition) is 1. The molecule has 0 aliphatic heterocycles. The molecule has 0 unspecified atom stereocenters. The molecule has 0 saturated heterocycles. The van der Waals surface area contributed by atoms with Gasteiger partial charge in [-0.25, -0.2) is 4.79 Å². The summed E-state index contributed by atoms with van der Waals surface area (Å²) in [7, 11) is 0. The quantitative estimate of drug-likeness (QED) is 0.707. The highest BCUT2D eigenvalue weighted by molar-refractivity contribution is 5.68. The summed E-state index contributed by atoms with van der Waals surface area (Å²) < 4.78 is 0. The number of rotatable bonds is 3. The van der Waals surface area contributed by atoms with Gasteiger partial charge in [0.2, 0.25) is 0 Å². The molecule has 0 saturated carbocycles. The Morgan fingerprint density at radius 2 is 1.62 bits per heavy atom. The van der Waals surface area contributed by atoms with Crippen molar-refractivity contribution < 1.29 is 4.79 Å². The fourth-order valence-electron chi connectivity index (χ4n) is 1.75. The summed E-state index contributed by atoms with van der Waals surface area (Å²) >= 11 is 0. The van der Waals surface area contributed by atoms with Gasteiger partial charge < -0.3 is 0 Å². The van der Waals surface area contributed by atoms with Gasteiger partial charge in [-0.15, -0.1) is 0 Å². The molecule has 2 aromatic rings. The van der Waals surface area contributed by atoms with Crippen LogP contribution in [0, 0.1) is 0 Å². The van der Waals surface area contributed by atoms with E-state index in [0.717, 1.165) is 5.56 Å². The van der Waals surface area contributed by atoms with E-state index in [4.69, 9.17) is 0 Å². The fourth-order valence-corrected chi connectivity index (χ4v) is 1.75. The van der Waals surface area contributed by atoms with Crippen molar-refractivity contribution in [1.82, 2.24) is 0 Å². The van der Waals surface area contributed by atoms with E-state index >= 15 is 0 Å². The minimum Gasteiger partial charge on any atom is -0.234 e. The molecule has 0 amide bonds. The molecule has 0 spiro atoms. The summed E-state index contributed by atoms with van der Waals surface area (Å²) in [6.45, 7) is 0. The molecule has 0 heterocycles. The van der Waals surface area contributed by atoms with Gasteiger partial charge in [-0.1, -0.05) is 54.6 Å². The maximum atomic E-state index is 10.2. The van der Waals surface area contributed by atoms with Crippen LogP contribution in [0.25, 0.3) is 11.1 Å². The Morgan fingerprint density at radius 3 is 2.38 bits per heavy atom. The molecule has 1 nitrogen and oxygen atoms in total. The number of hydrogen-bond donors (Lipinski definition) is 0. The van der Waals surface area contributed by atoms with Crippen LogP contribution in [0.15, 0.2) is 60.7 Å². The van der Waals surface area contributed by atoms with Crippen molar-refractivity contribution >= 4 is 5.94 Å². The Labute approximate surface area is 95.1 Å². The number of carbonyl (C=O) groups excluding carboxylic acids is 1. The summed E-state index contributed by atoms with van der Waals surface area (Å²) in [5.74, 6) is 1.82. The number of allylic oxidation sites excluding steroid dienone is 1. The predicted octanol–water partition coefficient (Wildman–Crippen LogP) is 3.28. The fraction of sp³-hybridized carbons (Fsp3) is 0.0667. The summed E-state index contributed by atoms with van der Waals surface area (Å²) in [6.07, 6.45) is 2.15. The van der Waals surface area contributed by atoms with Gasteiger partial charge in [0, 0.05) is 12.5 Å². The Hall–Kier alpha value is -2.11. The van der Waals surface area contributed by atoms with Crippen LogP contribution in [0.3, 0.4) is 0 Å². The van der Waals surface area contributed by atoms with Crippen molar-refractivity contribution in [2.24, 2.45) is 0 Å². The van der Waals surface area contributed by atoms with E-state index in [1.165, 1.54) is 17.2 Å². The summed E-state index contributed by atoms with van der Waals surface area (Å²) in [5, 5.41) is 0. The Kier molecular flexibility index (Phi) is 3.32. The SMILES string of the molecule is O=C=CCc1ccccc1-c1ccccc1. The summed E-state index contributed by atoms with van der Waals surface area (Å²) in [5.41, 5.74) is 3.50. The van der Waals surface area contributed by atoms with Gasteiger partial charge in [0.25, 0.3) is 0 Å². The van der Waals surface area contributed by atoms with Gasteiger partial charge in [0.05, 0.1) is 0 Å². The van der Waals surface area contributed by atoms with Crippen molar-refractivity contribution in [1.29, 1.82) is 0 Å². The van der Waals surface area contributed by atoms with Crippen LogP contribution >= 0.6 is 0 Å². The molecule has 0 aromatic heterocycles. The van der Waals surface area contributed by atoms with Gasteiger partial charge in [-0.05, 0) is 16.7 Å². The van der Waals surface area contributed by atoms with Crippen molar-refractivity contribution in [2.75, 3.05) is 0 Å². The van der Waals surface area contributed by atoms with Gasteiger partial charge in [0.1, 0.15) is 5.94 Å². The van der Waals surface area contributed by atoms with E-state index in [1.54, 1.807) is 0 Å². The molecule has 1 heteroatoms. The predicted molar refractivity (Wildman–Crippen MR) is 65.8 cm³/mol. The third kappa shape index (κ3) is 2.28. The van der Waals surface area contributed by atoms with Crippen LogP contribution in [0.1, 0.15) is 5.56 Å². The van der Waals surface area contributed by atoms with Gasteiger partial charge in [0.15, 0.2) is 0 Å². The van der Waals surface area contributed by atoms with Crippen molar-refractivity contribution in [3.8, 4) is 11.1 Å². The molecule has 0 atom stereocenters. The molecule has 0 aliphatic carbocycles. The second-order valence-electron chi connectivity index (χ2n) is 3.55. The maximum absolute atomic E-state index is 10.2. The highest BCUT2D eigenvalue weighted by Crippen LogP contribution is 2.23. The van der Waals surface area contributed by atoms with E-state index in [2.05, 4.69) is 18.2 Å². The first kappa shape index (κ1) is 10.4. The van der Waals surface area contributed by atoms with Crippen LogP contribution in [0.4, 0.5) is 0 Å². The molecule has 16 heavy (non-hydrogen) atoms. The molecule has 0 radical (unpaired) electrons. The first-order chi connectivity index (χ1) is 7.92. The molecule has 0 aliphatic rings. The van der Waals surface area contributed by atoms with E-state index in [-0.39, 0.29) is 0 Å². The zero-order valence-electron chi connectivity index (χ0n) is 8.89. The van der Waals surface area contributed by atoms with Crippen LogP contribution in [0.2, 0.25) is 0 Å². The molecule has 0 fully saturated rings. The molecule has 2 rings (SSSR count). The number of benzene rings is 2. The van der Waals surface area contributed by atoms with Crippen LogP contribution in [-0.4, -0.2) is 5.94 Å². The molecule has 2 aromatic carbocycles. The minimum atomic E-state index is 0.633. The largest absolute Gasteiger partial charge is 0.234 e. The molecule has 0 bridgehead atoms. The Bertz CT molecular complexity index is 508. The maximum Gasteiger partial charge on any atom is 0.120 e. The average molecular weight is 208 g/mol. The second kappa shape index (κ2) is 5.11. The molecular weight excluding hydrogens is 196 g/mol. The topological polar surface area (TPSA) is 17.1 Å². The highest BCUT2D eigenvalue weighted by atomic mass is 16.1. The van der Waals surface area contributed by atoms with Crippen molar-refractivity contribution in [2.45, 2.75) is 6.42 Å². The van der Waals surface area contributed by atoms with E-state index in [9.17, 15) is 4.79 Å². The zero-order chi connectivity index (χ0) is 11.2. The zero-order valence-corrected chi connectivity index (χ0v) is 8.89. The van der Waals surface area contributed by atoms with Gasteiger partial charge in [-0.3, -0.25) is 0 Å². The second-order valence-corrected chi connectivity index (χ2v) is 3.55. The first-order valence-corrected chi connectivity index (χ1v) is 5.24. The van der Waals surface area contributed by atoms with Crippen molar-refractivity contribution in [3.63, 3.8) is 0 Å². The Balaban J connectivity index is 2.44. The van der Waals surface area contributed by atoms with E-state index in [1.807, 2.05) is 42.3 Å². The lowest BCUT2D eigenvalue weighted by atomic mass is 9.98. The summed E-state index contributed by atoms with van der Waals surface area (Å²) in [4.78, 5) is 10.2. The normalized spacial score (nSPS) is 9.50. The van der Waals surface area contributed by atoms with Crippen LogP contribution < -0.4 is 0 Å². The smallest absolute Gasteiger partial charge is 0.120 e. The standard InChI is InChI=1S/C15H12O/c16-12-6-10-14-9-4-5-11-15(14)13-7-2-1-3-8-13/h1-9,11H,10H2. The highest BCUT2D eigenvalue weighted by Gasteiger charge is 2.01.